The molecule has 130 valence electrons. The van der Waals surface area contributed by atoms with Gasteiger partial charge in [0.2, 0.25) is 11.8 Å². The van der Waals surface area contributed by atoms with E-state index in [2.05, 4.69) is 46.4 Å². The van der Waals surface area contributed by atoms with Crippen molar-refractivity contribution in [3.8, 4) is 5.88 Å². The number of rotatable bonds is 5. The molecule has 7 heteroatoms. The third-order valence-corrected chi connectivity index (χ3v) is 3.39. The SMILES string of the molecule is CN=C(NCc1ccc(OC)nc1)NCc1ncc(C(C)(C)C)o1. The summed E-state index contributed by atoms with van der Waals surface area (Å²) in [5, 5.41) is 6.40. The Hall–Kier alpha value is -2.57. The third-order valence-electron chi connectivity index (χ3n) is 3.39. The van der Waals surface area contributed by atoms with Crippen LogP contribution in [0.5, 0.6) is 5.88 Å². The average Bonchev–Trinajstić information content (AvgIpc) is 3.05. The van der Waals surface area contributed by atoms with E-state index in [1.165, 1.54) is 0 Å². The van der Waals surface area contributed by atoms with Gasteiger partial charge in [-0.25, -0.2) is 9.97 Å². The van der Waals surface area contributed by atoms with Crippen molar-refractivity contribution in [1.29, 1.82) is 0 Å². The largest absolute Gasteiger partial charge is 0.481 e. The molecular weight excluding hydrogens is 306 g/mol. The number of aromatic nitrogens is 2. The lowest BCUT2D eigenvalue weighted by atomic mass is 9.94. The maximum Gasteiger partial charge on any atom is 0.213 e. The molecule has 2 aromatic heterocycles. The summed E-state index contributed by atoms with van der Waals surface area (Å²) in [6, 6.07) is 3.78. The fourth-order valence-electron chi connectivity index (χ4n) is 1.94. The van der Waals surface area contributed by atoms with Crippen molar-refractivity contribution in [3.63, 3.8) is 0 Å². The minimum Gasteiger partial charge on any atom is -0.481 e. The van der Waals surface area contributed by atoms with Crippen LogP contribution in [0.1, 0.15) is 38.0 Å². The smallest absolute Gasteiger partial charge is 0.213 e. The topological polar surface area (TPSA) is 84.6 Å². The van der Waals surface area contributed by atoms with Crippen molar-refractivity contribution in [3.05, 3.63) is 41.7 Å². The molecule has 0 radical (unpaired) electrons. The Morgan fingerprint density at radius 3 is 2.46 bits per heavy atom. The molecule has 0 spiro atoms. The van der Waals surface area contributed by atoms with Gasteiger partial charge in [-0.1, -0.05) is 26.8 Å². The van der Waals surface area contributed by atoms with Crippen LogP contribution in [0.25, 0.3) is 0 Å². The number of methoxy groups -OCH3 is 1. The quantitative estimate of drug-likeness (QED) is 0.646. The van der Waals surface area contributed by atoms with Crippen LogP contribution in [0.2, 0.25) is 0 Å². The Bertz CT molecular complexity index is 671. The zero-order chi connectivity index (χ0) is 17.6. The van der Waals surface area contributed by atoms with Crippen molar-refractivity contribution < 1.29 is 9.15 Å². The Balaban J connectivity index is 1.85. The normalized spacial score (nSPS) is 12.1. The second kappa shape index (κ2) is 7.81. The van der Waals surface area contributed by atoms with Gasteiger partial charge in [-0.05, 0) is 5.56 Å². The van der Waals surface area contributed by atoms with Gasteiger partial charge in [0.25, 0.3) is 0 Å². The fraction of sp³-hybridized carbons (Fsp3) is 0.471. The maximum absolute atomic E-state index is 5.75. The summed E-state index contributed by atoms with van der Waals surface area (Å²) in [6.45, 7) is 7.35. The molecule has 0 atom stereocenters. The minimum atomic E-state index is -0.0491. The molecule has 0 saturated carbocycles. The number of aliphatic imine (C=N–C) groups is 1. The summed E-state index contributed by atoms with van der Waals surface area (Å²) in [7, 11) is 3.32. The van der Waals surface area contributed by atoms with Gasteiger partial charge in [-0.15, -0.1) is 0 Å². The van der Waals surface area contributed by atoms with Crippen molar-refractivity contribution in [1.82, 2.24) is 20.6 Å². The lowest BCUT2D eigenvalue weighted by Gasteiger charge is -2.13. The first-order valence-electron chi connectivity index (χ1n) is 7.81. The molecule has 2 heterocycles. The van der Waals surface area contributed by atoms with Gasteiger partial charge in [0, 0.05) is 31.3 Å². The minimum absolute atomic E-state index is 0.0491. The van der Waals surface area contributed by atoms with Gasteiger partial charge in [-0.2, -0.15) is 0 Å². The molecule has 24 heavy (non-hydrogen) atoms. The number of hydrogen-bond donors (Lipinski definition) is 2. The monoisotopic (exact) mass is 331 g/mol. The van der Waals surface area contributed by atoms with E-state index in [4.69, 9.17) is 9.15 Å². The molecule has 0 aliphatic heterocycles. The Kier molecular flexibility index (Phi) is 5.78. The lowest BCUT2D eigenvalue weighted by Crippen LogP contribution is -2.36. The van der Waals surface area contributed by atoms with Gasteiger partial charge in [0.15, 0.2) is 5.96 Å². The second-order valence-corrected chi connectivity index (χ2v) is 6.36. The zero-order valence-electron chi connectivity index (χ0n) is 14.9. The molecule has 0 unspecified atom stereocenters. The number of pyridine rings is 1. The van der Waals surface area contributed by atoms with Gasteiger partial charge in [0.1, 0.15) is 5.76 Å². The third kappa shape index (κ3) is 4.97. The van der Waals surface area contributed by atoms with E-state index < -0.39 is 0 Å². The van der Waals surface area contributed by atoms with Gasteiger partial charge < -0.3 is 19.8 Å². The Morgan fingerprint density at radius 2 is 1.92 bits per heavy atom. The van der Waals surface area contributed by atoms with E-state index in [-0.39, 0.29) is 5.41 Å². The molecular formula is C17H25N5O2. The van der Waals surface area contributed by atoms with E-state index in [1.807, 2.05) is 12.1 Å². The van der Waals surface area contributed by atoms with Crippen molar-refractivity contribution in [2.75, 3.05) is 14.2 Å². The highest BCUT2D eigenvalue weighted by atomic mass is 16.5. The summed E-state index contributed by atoms with van der Waals surface area (Å²) in [5.74, 6) is 2.77. The van der Waals surface area contributed by atoms with E-state index in [0.29, 0.717) is 30.8 Å². The Labute approximate surface area is 142 Å². The lowest BCUT2D eigenvalue weighted by molar-refractivity contribution is 0.379. The summed E-state index contributed by atoms with van der Waals surface area (Å²) in [6.07, 6.45) is 3.54. The first-order chi connectivity index (χ1) is 11.4. The number of hydrogen-bond acceptors (Lipinski definition) is 5. The van der Waals surface area contributed by atoms with Crippen molar-refractivity contribution >= 4 is 5.96 Å². The fourth-order valence-corrected chi connectivity index (χ4v) is 1.94. The number of ether oxygens (including phenoxy) is 1. The van der Waals surface area contributed by atoms with Crippen LogP contribution < -0.4 is 15.4 Å². The van der Waals surface area contributed by atoms with Crippen molar-refractivity contribution in [2.24, 2.45) is 4.99 Å². The summed E-state index contributed by atoms with van der Waals surface area (Å²) >= 11 is 0. The van der Waals surface area contributed by atoms with Gasteiger partial charge >= 0.3 is 0 Å². The van der Waals surface area contributed by atoms with Gasteiger partial charge in [-0.3, -0.25) is 4.99 Å². The molecule has 0 aromatic carbocycles. The van der Waals surface area contributed by atoms with E-state index in [9.17, 15) is 0 Å². The highest BCUT2D eigenvalue weighted by Gasteiger charge is 2.19. The highest BCUT2D eigenvalue weighted by molar-refractivity contribution is 5.79. The molecule has 0 aliphatic rings. The number of nitrogens with zero attached hydrogens (tertiary/aromatic N) is 3. The molecule has 0 bridgehead atoms. The molecule has 0 fully saturated rings. The molecule has 2 aromatic rings. The predicted octanol–water partition coefficient (Wildman–Crippen LogP) is 2.24. The highest BCUT2D eigenvalue weighted by Crippen LogP contribution is 2.22. The van der Waals surface area contributed by atoms with E-state index in [1.54, 1.807) is 26.6 Å². The van der Waals surface area contributed by atoms with Gasteiger partial charge in [0.05, 0.1) is 19.9 Å². The van der Waals surface area contributed by atoms with Crippen LogP contribution in [0, 0.1) is 0 Å². The average molecular weight is 331 g/mol. The second-order valence-electron chi connectivity index (χ2n) is 6.36. The van der Waals surface area contributed by atoms with Crippen LogP contribution in [0.3, 0.4) is 0 Å². The number of nitrogens with one attached hydrogen (secondary N) is 2. The zero-order valence-corrected chi connectivity index (χ0v) is 14.9. The molecule has 2 N–H and O–H groups in total. The summed E-state index contributed by atoms with van der Waals surface area (Å²) in [4.78, 5) is 12.7. The molecule has 0 amide bonds. The van der Waals surface area contributed by atoms with Crippen LogP contribution in [0.4, 0.5) is 0 Å². The standard InChI is InChI=1S/C17H25N5O2/c1-17(2,3)13-10-20-15(24-13)11-22-16(18-4)21-9-12-6-7-14(23-5)19-8-12/h6-8,10H,9,11H2,1-5H3,(H2,18,21,22). The number of oxazole rings is 1. The van der Waals surface area contributed by atoms with E-state index >= 15 is 0 Å². The summed E-state index contributed by atoms with van der Waals surface area (Å²) in [5.41, 5.74) is 0.983. The van der Waals surface area contributed by atoms with Crippen LogP contribution in [-0.2, 0) is 18.5 Å². The molecule has 2 rings (SSSR count). The Morgan fingerprint density at radius 1 is 1.17 bits per heavy atom. The van der Waals surface area contributed by atoms with E-state index in [0.717, 1.165) is 11.3 Å². The number of guanidine groups is 1. The summed E-state index contributed by atoms with van der Waals surface area (Å²) < 4.78 is 10.8. The van der Waals surface area contributed by atoms with Crippen LogP contribution in [0.15, 0.2) is 33.9 Å². The molecule has 0 aliphatic carbocycles. The van der Waals surface area contributed by atoms with Crippen molar-refractivity contribution in [2.45, 2.75) is 39.3 Å². The first-order valence-corrected chi connectivity index (χ1v) is 7.81. The van der Waals surface area contributed by atoms with Crippen LogP contribution >= 0.6 is 0 Å². The van der Waals surface area contributed by atoms with Crippen LogP contribution in [-0.4, -0.2) is 30.1 Å². The molecule has 0 saturated heterocycles. The predicted molar refractivity (Wildman–Crippen MR) is 93.0 cm³/mol. The maximum atomic E-state index is 5.75. The first kappa shape index (κ1) is 17.8. The molecule has 7 nitrogen and oxygen atoms in total.